The summed E-state index contributed by atoms with van der Waals surface area (Å²) in [6, 6.07) is 9.35. The number of hydrogen-bond acceptors (Lipinski definition) is 4. The van der Waals surface area contributed by atoms with E-state index in [4.69, 9.17) is 25.8 Å². The molecule has 1 atom stereocenters. The minimum atomic E-state index is -0.177. The van der Waals surface area contributed by atoms with Crippen LogP contribution in [0.2, 0.25) is 5.02 Å². The molecular formula is C29H42ClLiO4P. The van der Waals surface area contributed by atoms with Crippen molar-refractivity contribution in [1.29, 1.82) is 0 Å². The minimum Gasteiger partial charge on any atom is -0.493 e. The molecule has 2 aromatic carbocycles. The number of hydrogen-bond donors (Lipinski definition) is 0. The first-order chi connectivity index (χ1) is 16.6. The van der Waals surface area contributed by atoms with Crippen LogP contribution < -0.4 is 19.5 Å². The van der Waals surface area contributed by atoms with Gasteiger partial charge in [-0.2, -0.15) is 0 Å². The van der Waals surface area contributed by atoms with Gasteiger partial charge in [-0.1, -0.05) is 65.3 Å². The van der Waals surface area contributed by atoms with Crippen LogP contribution in [0.4, 0.5) is 0 Å². The molecule has 0 amide bonds. The Hall–Kier alpha value is -1.17. The number of carbonyl (C=O) groups excluding carboxylic acids is 1. The predicted molar refractivity (Wildman–Crippen MR) is 156 cm³/mol. The van der Waals surface area contributed by atoms with Crippen LogP contribution in [0.15, 0.2) is 30.3 Å². The minimum absolute atomic E-state index is 0. The molecule has 0 aromatic heterocycles. The van der Waals surface area contributed by atoms with Gasteiger partial charge in [0.25, 0.3) is 0 Å². The van der Waals surface area contributed by atoms with E-state index < -0.39 is 0 Å². The number of aryl methyl sites for hydroxylation is 1. The molecule has 4 nitrogen and oxygen atoms in total. The second-order valence-electron chi connectivity index (χ2n) is 10.3. The van der Waals surface area contributed by atoms with Crippen LogP contribution in [0.25, 0.3) is 0 Å². The van der Waals surface area contributed by atoms with Crippen molar-refractivity contribution in [2.24, 2.45) is 17.8 Å². The zero-order valence-electron chi connectivity index (χ0n) is 23.4. The van der Waals surface area contributed by atoms with Gasteiger partial charge in [-0.25, -0.2) is 0 Å². The third-order valence-corrected chi connectivity index (χ3v) is 7.13. The first-order valence-corrected chi connectivity index (χ1v) is 14.1. The van der Waals surface area contributed by atoms with Gasteiger partial charge in [0.05, 0.1) is 30.1 Å². The second-order valence-corrected chi connectivity index (χ2v) is 11.9. The van der Waals surface area contributed by atoms with E-state index in [1.165, 1.54) is 0 Å². The summed E-state index contributed by atoms with van der Waals surface area (Å²) < 4.78 is 18.6. The fourth-order valence-electron chi connectivity index (χ4n) is 3.32. The van der Waals surface area contributed by atoms with E-state index in [0.29, 0.717) is 65.4 Å². The molecule has 0 aliphatic carbocycles. The third-order valence-electron chi connectivity index (χ3n) is 5.60. The van der Waals surface area contributed by atoms with Crippen molar-refractivity contribution in [2.45, 2.75) is 67.7 Å². The van der Waals surface area contributed by atoms with Crippen molar-refractivity contribution in [2.75, 3.05) is 19.8 Å². The number of rotatable bonds is 15. The van der Waals surface area contributed by atoms with Crippen molar-refractivity contribution in [3.8, 4) is 17.2 Å². The monoisotopic (exact) mass is 527 g/mol. The summed E-state index contributed by atoms with van der Waals surface area (Å²) in [5.74, 6) is 3.60. The number of benzene rings is 2. The predicted octanol–water partition coefficient (Wildman–Crippen LogP) is 7.69. The van der Waals surface area contributed by atoms with E-state index >= 15 is 0 Å². The molecule has 0 bridgehead atoms. The molecule has 2 aromatic rings. The molecule has 0 aliphatic heterocycles. The molecule has 1 radical (unpaired) electrons. The molecule has 0 saturated heterocycles. The average Bonchev–Trinajstić information content (AvgIpc) is 2.75. The van der Waals surface area contributed by atoms with Gasteiger partial charge in [-0.3, -0.25) is 4.79 Å². The molecule has 0 saturated carbocycles. The molecule has 36 heavy (non-hydrogen) atoms. The van der Waals surface area contributed by atoms with Crippen LogP contribution in [-0.2, 0) is 0 Å². The largest absolute Gasteiger partial charge is 0.493 e. The standard InChI is InChI=1S/C29H42ClO4P.Li/c1-19(2)11-14-32-23-17-25(33-15-12-20(3)4)28(26(18-23)34-16-13-21(5)6)35-29(31)27-22(7)9-8-10-24(27)30;/h8-10,17-21,35H,11-16H2,1-7H3;. The van der Waals surface area contributed by atoms with Gasteiger partial charge >= 0.3 is 0 Å². The Bertz CT molecular complexity index is 907. The Labute approximate surface area is 237 Å². The van der Waals surface area contributed by atoms with Crippen LogP contribution in [-0.4, -0.2) is 44.2 Å². The maximum absolute atomic E-state index is 13.4. The van der Waals surface area contributed by atoms with Crippen molar-refractivity contribution in [3.63, 3.8) is 0 Å². The van der Waals surface area contributed by atoms with Gasteiger partial charge in [0, 0.05) is 36.6 Å². The summed E-state index contributed by atoms with van der Waals surface area (Å²) >= 11 is 6.42. The molecule has 195 valence electrons. The third kappa shape index (κ3) is 11.1. The summed E-state index contributed by atoms with van der Waals surface area (Å²) in [5.41, 5.74) is 1.41. The molecular weight excluding hydrogens is 486 g/mol. The first kappa shape index (κ1) is 32.9. The molecule has 0 N–H and O–H groups in total. The van der Waals surface area contributed by atoms with Gasteiger partial charge in [0.15, 0.2) is 5.52 Å². The van der Waals surface area contributed by atoms with E-state index in [1.807, 2.05) is 31.2 Å². The van der Waals surface area contributed by atoms with Crippen molar-refractivity contribution < 1.29 is 19.0 Å². The Balaban J connectivity index is 0.00000648. The molecule has 2 rings (SSSR count). The van der Waals surface area contributed by atoms with Crippen LogP contribution in [0.1, 0.15) is 76.7 Å². The van der Waals surface area contributed by atoms with E-state index in [0.717, 1.165) is 30.1 Å². The molecule has 0 heterocycles. The summed E-state index contributed by atoms with van der Waals surface area (Å²) in [7, 11) is -0.177. The van der Waals surface area contributed by atoms with Crippen molar-refractivity contribution in [1.82, 2.24) is 0 Å². The maximum Gasteiger partial charge on any atom is 0.187 e. The first-order valence-electron chi connectivity index (χ1n) is 12.7. The van der Waals surface area contributed by atoms with Crippen molar-refractivity contribution in [3.05, 3.63) is 46.5 Å². The topological polar surface area (TPSA) is 44.8 Å². The van der Waals surface area contributed by atoms with E-state index in [1.54, 1.807) is 6.07 Å². The Morgan fingerprint density at radius 2 is 1.31 bits per heavy atom. The Morgan fingerprint density at radius 3 is 1.75 bits per heavy atom. The van der Waals surface area contributed by atoms with Crippen molar-refractivity contribution >= 4 is 49.9 Å². The van der Waals surface area contributed by atoms with Gasteiger partial charge < -0.3 is 14.2 Å². The quantitative estimate of drug-likeness (QED) is 0.176. The average molecular weight is 528 g/mol. The fraction of sp³-hybridized carbons (Fsp3) is 0.552. The van der Waals surface area contributed by atoms with Gasteiger partial charge in [-0.15, -0.1) is 0 Å². The normalized spacial score (nSPS) is 11.4. The number of carbonyl (C=O) groups is 1. The van der Waals surface area contributed by atoms with Crippen LogP contribution >= 0.6 is 20.2 Å². The zero-order valence-corrected chi connectivity index (χ0v) is 25.1. The second kappa shape index (κ2) is 16.6. The molecule has 1 unspecified atom stereocenters. The smallest absolute Gasteiger partial charge is 0.187 e. The number of halogens is 1. The SMILES string of the molecule is Cc1cccc(Cl)c1C(=O)Pc1c(OCCC(C)C)cc(OCCC(C)C)cc1OCCC(C)C.[Li]. The van der Waals surface area contributed by atoms with Crippen LogP contribution in [0, 0.1) is 24.7 Å². The summed E-state index contributed by atoms with van der Waals surface area (Å²) in [4.78, 5) is 13.4. The maximum atomic E-state index is 13.4. The van der Waals surface area contributed by atoms with E-state index in [2.05, 4.69) is 41.5 Å². The summed E-state index contributed by atoms with van der Waals surface area (Å²) in [6.07, 6.45) is 2.80. The molecule has 0 spiro atoms. The van der Waals surface area contributed by atoms with Gasteiger partial charge in [0.1, 0.15) is 17.2 Å². The zero-order chi connectivity index (χ0) is 26.0. The van der Waals surface area contributed by atoms with E-state index in [9.17, 15) is 4.79 Å². The van der Waals surface area contributed by atoms with Gasteiger partial charge in [-0.05, 0) is 64.2 Å². The number of ether oxygens (including phenoxy) is 3. The van der Waals surface area contributed by atoms with Crippen LogP contribution in [0.5, 0.6) is 17.2 Å². The summed E-state index contributed by atoms with van der Waals surface area (Å²) in [5, 5.41) is 1.25. The van der Waals surface area contributed by atoms with Crippen LogP contribution in [0.3, 0.4) is 0 Å². The molecule has 7 heteroatoms. The summed E-state index contributed by atoms with van der Waals surface area (Å²) in [6.45, 7) is 16.7. The molecule has 0 aliphatic rings. The fourth-order valence-corrected chi connectivity index (χ4v) is 4.92. The molecule has 0 fully saturated rings. The van der Waals surface area contributed by atoms with E-state index in [-0.39, 0.29) is 33.0 Å². The Kier molecular flexibility index (Phi) is 15.2. The van der Waals surface area contributed by atoms with Gasteiger partial charge in [0.2, 0.25) is 0 Å². The Morgan fingerprint density at radius 1 is 0.833 bits per heavy atom.